The molecule has 3 N–H and O–H groups in total. The Morgan fingerprint density at radius 2 is 2.43 bits per heavy atom. The summed E-state index contributed by atoms with van der Waals surface area (Å²) in [5.41, 5.74) is 6.03. The van der Waals surface area contributed by atoms with Gasteiger partial charge < -0.3 is 15.5 Å². The minimum absolute atomic E-state index is 0.0841. The van der Waals surface area contributed by atoms with Crippen LogP contribution in [0.3, 0.4) is 0 Å². The van der Waals surface area contributed by atoms with Crippen molar-refractivity contribution < 1.29 is 9.21 Å². The molecular formula is C10H14N2O2. The summed E-state index contributed by atoms with van der Waals surface area (Å²) in [5.74, 6) is 0.564. The van der Waals surface area contributed by atoms with E-state index in [0.29, 0.717) is 17.9 Å². The molecule has 76 valence electrons. The topological polar surface area (TPSA) is 68.3 Å². The quantitative estimate of drug-likeness (QED) is 0.748. The maximum Gasteiger partial charge on any atom is 0.255 e. The van der Waals surface area contributed by atoms with Gasteiger partial charge in [-0.25, -0.2) is 0 Å². The Bertz CT molecular complexity index is 353. The third kappa shape index (κ3) is 1.53. The van der Waals surface area contributed by atoms with Crippen molar-refractivity contribution in [3.05, 3.63) is 23.7 Å². The predicted octanol–water partition coefficient (Wildman–Crippen LogP) is 0.809. The lowest BCUT2D eigenvalue weighted by atomic mass is 10.2. The van der Waals surface area contributed by atoms with Crippen molar-refractivity contribution in [3.8, 4) is 0 Å². The summed E-state index contributed by atoms with van der Waals surface area (Å²) in [6.45, 7) is 2.28. The number of nitrogens with two attached hydrogens (primary N) is 1. The van der Waals surface area contributed by atoms with E-state index < -0.39 is 0 Å². The second kappa shape index (κ2) is 3.13. The monoisotopic (exact) mass is 194 g/mol. The van der Waals surface area contributed by atoms with Gasteiger partial charge in [-0.05, 0) is 25.8 Å². The van der Waals surface area contributed by atoms with Crippen molar-refractivity contribution in [2.45, 2.75) is 25.3 Å². The van der Waals surface area contributed by atoms with E-state index >= 15 is 0 Å². The summed E-state index contributed by atoms with van der Waals surface area (Å²) in [6, 6.07) is 1.68. The van der Waals surface area contributed by atoms with E-state index in [1.165, 1.54) is 6.26 Å². The minimum Gasteiger partial charge on any atom is -0.469 e. The van der Waals surface area contributed by atoms with E-state index in [1.807, 2.05) is 0 Å². The lowest BCUT2D eigenvalue weighted by molar-refractivity contribution is 0.0931. The van der Waals surface area contributed by atoms with Gasteiger partial charge in [0, 0.05) is 6.54 Å². The van der Waals surface area contributed by atoms with Crippen molar-refractivity contribution in [2.75, 3.05) is 6.54 Å². The van der Waals surface area contributed by atoms with Crippen LogP contribution in [0.4, 0.5) is 0 Å². The van der Waals surface area contributed by atoms with Crippen LogP contribution in [-0.2, 0) is 0 Å². The van der Waals surface area contributed by atoms with Crippen LogP contribution in [0.15, 0.2) is 16.7 Å². The Morgan fingerprint density at radius 1 is 1.71 bits per heavy atom. The standard InChI is InChI=1S/C10H14N2O2/c1-7-8(2-5-14-7)9(13)12-10(6-11)3-4-10/h2,5H,3-4,6,11H2,1H3,(H,12,13). The lowest BCUT2D eigenvalue weighted by Crippen LogP contribution is -2.42. The van der Waals surface area contributed by atoms with Crippen LogP contribution in [0.2, 0.25) is 0 Å². The number of hydrogen-bond acceptors (Lipinski definition) is 3. The second-order valence-corrected chi connectivity index (χ2v) is 3.83. The Balaban J connectivity index is 2.07. The Kier molecular flexibility index (Phi) is 2.07. The zero-order chi connectivity index (χ0) is 10.2. The third-order valence-electron chi connectivity index (χ3n) is 2.73. The number of amides is 1. The highest BCUT2D eigenvalue weighted by molar-refractivity contribution is 5.95. The molecule has 0 unspecified atom stereocenters. The number of carbonyl (C=O) groups excluding carboxylic acids is 1. The van der Waals surface area contributed by atoms with Crippen LogP contribution in [-0.4, -0.2) is 18.0 Å². The summed E-state index contributed by atoms with van der Waals surface area (Å²) in [4.78, 5) is 11.7. The van der Waals surface area contributed by atoms with Gasteiger partial charge in [-0.2, -0.15) is 0 Å². The van der Waals surface area contributed by atoms with Crippen molar-refractivity contribution >= 4 is 5.91 Å². The molecule has 2 rings (SSSR count). The molecule has 0 atom stereocenters. The van der Waals surface area contributed by atoms with Crippen LogP contribution in [0.5, 0.6) is 0 Å². The van der Waals surface area contributed by atoms with Crippen LogP contribution in [0.25, 0.3) is 0 Å². The first-order valence-electron chi connectivity index (χ1n) is 4.73. The van der Waals surface area contributed by atoms with E-state index in [1.54, 1.807) is 13.0 Å². The number of rotatable bonds is 3. The molecule has 1 aliphatic rings. The number of hydrogen-bond donors (Lipinski definition) is 2. The van der Waals surface area contributed by atoms with Crippen molar-refractivity contribution in [1.29, 1.82) is 0 Å². The molecule has 1 aromatic rings. The van der Waals surface area contributed by atoms with Gasteiger partial charge in [0.25, 0.3) is 5.91 Å². The largest absolute Gasteiger partial charge is 0.469 e. The molecule has 14 heavy (non-hydrogen) atoms. The summed E-state index contributed by atoms with van der Waals surface area (Å²) < 4.78 is 5.06. The fourth-order valence-electron chi connectivity index (χ4n) is 1.46. The van der Waals surface area contributed by atoms with Gasteiger partial charge in [0.15, 0.2) is 0 Å². The van der Waals surface area contributed by atoms with Gasteiger partial charge in [-0.1, -0.05) is 0 Å². The summed E-state index contributed by atoms with van der Waals surface area (Å²) in [5, 5.41) is 2.94. The second-order valence-electron chi connectivity index (χ2n) is 3.83. The average molecular weight is 194 g/mol. The first-order valence-corrected chi connectivity index (χ1v) is 4.73. The molecule has 0 spiro atoms. The Labute approximate surface area is 82.5 Å². The molecule has 0 radical (unpaired) electrons. The van der Waals surface area contributed by atoms with Crippen LogP contribution in [0, 0.1) is 6.92 Å². The fourth-order valence-corrected chi connectivity index (χ4v) is 1.46. The molecule has 4 heteroatoms. The molecule has 1 aromatic heterocycles. The van der Waals surface area contributed by atoms with Gasteiger partial charge in [-0.3, -0.25) is 4.79 Å². The molecular weight excluding hydrogens is 180 g/mol. The summed E-state index contributed by atoms with van der Waals surface area (Å²) >= 11 is 0. The number of nitrogens with one attached hydrogen (secondary N) is 1. The van der Waals surface area contributed by atoms with Gasteiger partial charge in [0.05, 0.1) is 17.4 Å². The number of furan rings is 1. The molecule has 0 bridgehead atoms. The van der Waals surface area contributed by atoms with E-state index in [9.17, 15) is 4.79 Å². The van der Waals surface area contributed by atoms with Gasteiger partial charge in [0.1, 0.15) is 5.76 Å². The van der Waals surface area contributed by atoms with E-state index in [0.717, 1.165) is 12.8 Å². The first-order chi connectivity index (χ1) is 6.67. The van der Waals surface area contributed by atoms with Crippen molar-refractivity contribution in [3.63, 3.8) is 0 Å². The highest BCUT2D eigenvalue weighted by atomic mass is 16.3. The zero-order valence-corrected chi connectivity index (χ0v) is 8.17. The molecule has 1 amide bonds. The van der Waals surface area contributed by atoms with Crippen LogP contribution >= 0.6 is 0 Å². The summed E-state index contributed by atoms with van der Waals surface area (Å²) in [6.07, 6.45) is 3.48. The molecule has 0 aromatic carbocycles. The highest BCUT2D eigenvalue weighted by Gasteiger charge is 2.42. The predicted molar refractivity (Wildman–Crippen MR) is 51.9 cm³/mol. The molecule has 1 heterocycles. The van der Waals surface area contributed by atoms with E-state index in [4.69, 9.17) is 10.2 Å². The minimum atomic E-state index is -0.138. The van der Waals surface area contributed by atoms with Gasteiger partial charge in [-0.15, -0.1) is 0 Å². The smallest absolute Gasteiger partial charge is 0.255 e. The Morgan fingerprint density at radius 3 is 2.86 bits per heavy atom. The van der Waals surface area contributed by atoms with E-state index in [-0.39, 0.29) is 11.4 Å². The zero-order valence-electron chi connectivity index (χ0n) is 8.17. The van der Waals surface area contributed by atoms with Gasteiger partial charge >= 0.3 is 0 Å². The molecule has 1 fully saturated rings. The van der Waals surface area contributed by atoms with Crippen LogP contribution < -0.4 is 11.1 Å². The molecule has 0 saturated heterocycles. The highest BCUT2D eigenvalue weighted by Crippen LogP contribution is 2.34. The molecule has 0 aliphatic heterocycles. The molecule has 1 saturated carbocycles. The average Bonchev–Trinajstić information content (AvgIpc) is 2.80. The van der Waals surface area contributed by atoms with Crippen LogP contribution in [0.1, 0.15) is 29.0 Å². The van der Waals surface area contributed by atoms with E-state index in [2.05, 4.69) is 5.32 Å². The van der Waals surface area contributed by atoms with Crippen molar-refractivity contribution in [2.24, 2.45) is 5.73 Å². The van der Waals surface area contributed by atoms with Gasteiger partial charge in [0.2, 0.25) is 0 Å². The SMILES string of the molecule is Cc1occc1C(=O)NC1(CN)CC1. The maximum absolute atomic E-state index is 11.7. The Hall–Kier alpha value is -1.29. The maximum atomic E-state index is 11.7. The lowest BCUT2D eigenvalue weighted by Gasteiger charge is -2.14. The third-order valence-corrected chi connectivity index (χ3v) is 2.73. The normalized spacial score (nSPS) is 17.9. The molecule has 4 nitrogen and oxygen atoms in total. The first kappa shape index (κ1) is 9.27. The summed E-state index contributed by atoms with van der Waals surface area (Å²) in [7, 11) is 0. The van der Waals surface area contributed by atoms with Crippen molar-refractivity contribution in [1.82, 2.24) is 5.32 Å². The number of carbonyl (C=O) groups is 1. The fraction of sp³-hybridized carbons (Fsp3) is 0.500. The molecule has 1 aliphatic carbocycles. The number of aryl methyl sites for hydroxylation is 1.